The van der Waals surface area contributed by atoms with Crippen molar-refractivity contribution in [3.05, 3.63) is 121 Å². The smallest absolute Gasteiger partial charge is 0.333 e. The summed E-state index contributed by atoms with van der Waals surface area (Å²) in [6.45, 7) is 2.26. The van der Waals surface area contributed by atoms with Crippen LogP contribution in [0.4, 0.5) is 5.69 Å². The van der Waals surface area contributed by atoms with Crippen LogP contribution < -0.4 is 21.5 Å². The highest BCUT2D eigenvalue weighted by atomic mass is 79.9. The van der Waals surface area contributed by atoms with E-state index in [9.17, 15) is 14.4 Å². The van der Waals surface area contributed by atoms with Crippen molar-refractivity contribution in [3.63, 3.8) is 0 Å². The Morgan fingerprint density at radius 1 is 1.08 bits per heavy atom. The molecule has 0 bridgehead atoms. The Labute approximate surface area is 289 Å². The molecule has 3 aromatic carbocycles. The zero-order valence-corrected chi connectivity index (χ0v) is 28.2. The second kappa shape index (κ2) is 12.9. The molecule has 7 rings (SSSR count). The van der Waals surface area contributed by atoms with Gasteiger partial charge in [-0.05, 0) is 89.8 Å². The Morgan fingerprint density at radius 2 is 1.85 bits per heavy atom. The van der Waals surface area contributed by atoms with E-state index in [0.717, 1.165) is 24.0 Å². The standard InChI is InChI=1S/C35H31BrClN7O4/c1-20-18-43-31(19-42(20)34(46)21-6-13-28(36)29(37)14-21)32(44(35(43)47)24-7-9-25(10-8-24)48-26-11-12-26)33(45)39-16-22-4-2-3-5-27(22)30-15-23(38)17-40-41-30/h2-10,13-15,17,20,26H,11-12,16,18-19H2,1H3,(H2,38,41)(H,39,45)/t20-/m0/s1. The monoisotopic (exact) mass is 727 g/mol. The molecule has 0 saturated heterocycles. The molecule has 244 valence electrons. The SMILES string of the molecule is C[C@H]1Cn2c(c(C(=O)NCc3ccccc3-c3cc(N)cnn3)n(-c3ccc(OC4CC4)cc3)c2=O)CN1C(=O)c1ccc(Br)c(Cl)c1. The molecule has 1 saturated carbocycles. The van der Waals surface area contributed by atoms with Gasteiger partial charge in [0.15, 0.2) is 0 Å². The highest BCUT2D eigenvalue weighted by molar-refractivity contribution is 9.10. The van der Waals surface area contributed by atoms with Gasteiger partial charge in [-0.2, -0.15) is 10.2 Å². The summed E-state index contributed by atoms with van der Waals surface area (Å²) in [4.78, 5) is 43.8. The topological polar surface area (TPSA) is 137 Å². The van der Waals surface area contributed by atoms with Gasteiger partial charge in [-0.1, -0.05) is 35.9 Å². The zero-order valence-electron chi connectivity index (χ0n) is 25.9. The van der Waals surface area contributed by atoms with Gasteiger partial charge >= 0.3 is 5.69 Å². The Morgan fingerprint density at radius 3 is 2.58 bits per heavy atom. The first-order chi connectivity index (χ1) is 23.2. The molecular weight excluding hydrogens is 698 g/mol. The van der Waals surface area contributed by atoms with Gasteiger partial charge in [-0.15, -0.1) is 0 Å². The third kappa shape index (κ3) is 6.20. The first-order valence-electron chi connectivity index (χ1n) is 15.5. The summed E-state index contributed by atoms with van der Waals surface area (Å²) < 4.78 is 9.59. The lowest BCUT2D eigenvalue weighted by Gasteiger charge is -2.34. The predicted octanol–water partition coefficient (Wildman–Crippen LogP) is 5.61. The first kappa shape index (κ1) is 31.6. The fourth-order valence-corrected chi connectivity index (χ4v) is 6.33. The number of halogens is 2. The van der Waals surface area contributed by atoms with Crippen LogP contribution in [-0.2, 0) is 19.6 Å². The summed E-state index contributed by atoms with van der Waals surface area (Å²) in [5.41, 5.74) is 9.68. The molecule has 3 N–H and O–H groups in total. The first-order valence-corrected chi connectivity index (χ1v) is 16.7. The third-order valence-electron chi connectivity index (χ3n) is 8.52. The van der Waals surface area contributed by atoms with Gasteiger partial charge in [0, 0.05) is 34.7 Å². The average Bonchev–Trinajstić information content (AvgIpc) is 3.86. The number of fused-ring (bicyclic) bond motifs is 1. The summed E-state index contributed by atoms with van der Waals surface area (Å²) in [5.74, 6) is -0.0289. The number of nitrogens with one attached hydrogen (secondary N) is 1. The van der Waals surface area contributed by atoms with Crippen LogP contribution in [0.2, 0.25) is 5.02 Å². The summed E-state index contributed by atoms with van der Waals surface area (Å²) in [6, 6.07) is 21.0. The Kier molecular flexibility index (Phi) is 8.52. The summed E-state index contributed by atoms with van der Waals surface area (Å²) in [7, 11) is 0. The second-order valence-electron chi connectivity index (χ2n) is 12.0. The van der Waals surface area contributed by atoms with E-state index in [1.807, 2.05) is 31.2 Å². The maximum atomic E-state index is 14.2. The van der Waals surface area contributed by atoms with Crippen LogP contribution in [0.25, 0.3) is 16.9 Å². The highest BCUT2D eigenvalue weighted by Crippen LogP contribution is 2.30. The molecule has 48 heavy (non-hydrogen) atoms. The maximum Gasteiger partial charge on any atom is 0.333 e. The quantitative estimate of drug-likeness (QED) is 0.212. The lowest BCUT2D eigenvalue weighted by atomic mass is 10.0. The number of imidazole rings is 1. The molecule has 0 radical (unpaired) electrons. The molecule has 2 aliphatic rings. The van der Waals surface area contributed by atoms with Crippen molar-refractivity contribution in [1.82, 2.24) is 29.5 Å². The summed E-state index contributed by atoms with van der Waals surface area (Å²) >= 11 is 9.69. The minimum Gasteiger partial charge on any atom is -0.490 e. The Hall–Kier alpha value is -4.94. The van der Waals surface area contributed by atoms with Crippen LogP contribution in [0.5, 0.6) is 5.75 Å². The molecular formula is C35H31BrClN7O4. The number of hydrogen-bond acceptors (Lipinski definition) is 7. The van der Waals surface area contributed by atoms with E-state index in [0.29, 0.717) is 43.6 Å². The largest absolute Gasteiger partial charge is 0.490 e. The summed E-state index contributed by atoms with van der Waals surface area (Å²) in [5, 5.41) is 11.6. The van der Waals surface area contributed by atoms with Gasteiger partial charge in [0.05, 0.1) is 46.6 Å². The number of aromatic nitrogens is 4. The number of nitrogens with two attached hydrogens (primary N) is 1. The van der Waals surface area contributed by atoms with Gasteiger partial charge in [0.25, 0.3) is 11.8 Å². The van der Waals surface area contributed by atoms with Gasteiger partial charge < -0.3 is 20.7 Å². The van der Waals surface area contributed by atoms with Gasteiger partial charge in [-0.25, -0.2) is 4.79 Å². The minimum atomic E-state index is -0.471. The fraction of sp³-hybridized carbons (Fsp3) is 0.229. The third-order valence-corrected chi connectivity index (χ3v) is 9.75. The van der Waals surface area contributed by atoms with Crippen LogP contribution in [-0.4, -0.2) is 48.2 Å². The van der Waals surface area contributed by atoms with Crippen LogP contribution in [0, 0.1) is 0 Å². The van der Waals surface area contributed by atoms with E-state index >= 15 is 0 Å². The number of nitrogen functional groups attached to an aromatic ring is 1. The number of benzene rings is 3. The number of anilines is 1. The van der Waals surface area contributed by atoms with Gasteiger partial charge in [0.1, 0.15) is 11.4 Å². The normalized spacial score (nSPS) is 15.6. The molecule has 13 heteroatoms. The van der Waals surface area contributed by atoms with Gasteiger partial charge in [-0.3, -0.25) is 18.7 Å². The molecule has 1 aliphatic carbocycles. The molecule has 0 unspecified atom stereocenters. The highest BCUT2D eigenvalue weighted by Gasteiger charge is 2.35. The van der Waals surface area contributed by atoms with Crippen molar-refractivity contribution in [2.75, 3.05) is 5.73 Å². The van der Waals surface area contributed by atoms with Crippen molar-refractivity contribution in [2.24, 2.45) is 0 Å². The van der Waals surface area contributed by atoms with E-state index in [-0.39, 0.29) is 49.1 Å². The molecule has 1 atom stereocenters. The maximum absolute atomic E-state index is 14.2. The molecule has 2 aromatic heterocycles. The number of amides is 2. The predicted molar refractivity (Wildman–Crippen MR) is 185 cm³/mol. The van der Waals surface area contributed by atoms with Crippen molar-refractivity contribution >= 4 is 45.0 Å². The fourth-order valence-electron chi connectivity index (χ4n) is 5.91. The number of nitrogens with zero attached hydrogens (tertiary/aromatic N) is 5. The molecule has 1 fully saturated rings. The number of carbonyl (C=O) groups excluding carboxylic acids is 2. The van der Waals surface area contributed by atoms with E-state index < -0.39 is 5.91 Å². The number of rotatable bonds is 8. The minimum absolute atomic E-state index is 0.0387. The number of hydrogen-bond donors (Lipinski definition) is 2. The van der Waals surface area contributed by atoms with Crippen molar-refractivity contribution < 1.29 is 14.3 Å². The van der Waals surface area contributed by atoms with E-state index in [4.69, 9.17) is 22.1 Å². The zero-order chi connectivity index (χ0) is 33.5. The number of carbonyl (C=O) groups is 2. The van der Waals surface area contributed by atoms with Crippen LogP contribution in [0.1, 0.15) is 51.9 Å². The van der Waals surface area contributed by atoms with E-state index in [1.54, 1.807) is 58.0 Å². The average molecular weight is 729 g/mol. The number of ether oxygens (including phenoxy) is 1. The van der Waals surface area contributed by atoms with Crippen LogP contribution >= 0.6 is 27.5 Å². The molecule has 1 aliphatic heterocycles. The van der Waals surface area contributed by atoms with Crippen molar-refractivity contribution in [3.8, 4) is 22.7 Å². The molecule has 3 heterocycles. The Bertz CT molecular complexity index is 2110. The lowest BCUT2D eigenvalue weighted by Crippen LogP contribution is -2.47. The second-order valence-corrected chi connectivity index (χ2v) is 13.2. The van der Waals surface area contributed by atoms with Crippen LogP contribution in [0.3, 0.4) is 0 Å². The lowest BCUT2D eigenvalue weighted by molar-refractivity contribution is 0.0610. The molecule has 2 amide bonds. The summed E-state index contributed by atoms with van der Waals surface area (Å²) in [6.07, 6.45) is 3.72. The van der Waals surface area contributed by atoms with E-state index in [2.05, 4.69) is 31.4 Å². The molecule has 11 nitrogen and oxygen atoms in total. The molecule has 0 spiro atoms. The van der Waals surface area contributed by atoms with Crippen molar-refractivity contribution in [2.45, 2.75) is 51.5 Å². The van der Waals surface area contributed by atoms with Crippen molar-refractivity contribution in [1.29, 1.82) is 0 Å². The Balaban J connectivity index is 1.26. The van der Waals surface area contributed by atoms with Gasteiger partial charge in [0.2, 0.25) is 0 Å². The van der Waals surface area contributed by atoms with Crippen LogP contribution in [0.15, 0.2) is 88.3 Å². The van der Waals surface area contributed by atoms with E-state index in [1.165, 1.54) is 10.8 Å². The molecule has 5 aromatic rings.